The SMILES string of the molecule is Cn1cc(COc2ccc(F)cc2-c2ccco2)cn1. The van der Waals surface area contributed by atoms with Crippen LogP contribution in [0.4, 0.5) is 4.39 Å². The number of furan rings is 1. The van der Waals surface area contributed by atoms with Gasteiger partial charge in [-0.05, 0) is 30.3 Å². The Morgan fingerprint density at radius 1 is 1.35 bits per heavy atom. The van der Waals surface area contributed by atoms with Gasteiger partial charge >= 0.3 is 0 Å². The van der Waals surface area contributed by atoms with Gasteiger partial charge in [0.05, 0.1) is 18.0 Å². The summed E-state index contributed by atoms with van der Waals surface area (Å²) in [5, 5.41) is 4.07. The number of rotatable bonds is 4. The Hall–Kier alpha value is -2.56. The maximum Gasteiger partial charge on any atom is 0.137 e. The van der Waals surface area contributed by atoms with Crippen LogP contribution in [0.15, 0.2) is 53.4 Å². The highest BCUT2D eigenvalue weighted by molar-refractivity contribution is 5.65. The normalized spacial score (nSPS) is 10.7. The van der Waals surface area contributed by atoms with Crippen molar-refractivity contribution in [3.63, 3.8) is 0 Å². The van der Waals surface area contributed by atoms with E-state index in [4.69, 9.17) is 9.15 Å². The van der Waals surface area contributed by atoms with E-state index in [2.05, 4.69) is 5.10 Å². The van der Waals surface area contributed by atoms with Crippen LogP contribution < -0.4 is 4.74 Å². The first-order valence-corrected chi connectivity index (χ1v) is 6.16. The van der Waals surface area contributed by atoms with Gasteiger partial charge < -0.3 is 9.15 Å². The van der Waals surface area contributed by atoms with E-state index in [1.165, 1.54) is 12.1 Å². The van der Waals surface area contributed by atoms with Gasteiger partial charge in [0, 0.05) is 18.8 Å². The highest BCUT2D eigenvalue weighted by Gasteiger charge is 2.11. The zero-order valence-electron chi connectivity index (χ0n) is 10.9. The third-order valence-corrected chi connectivity index (χ3v) is 2.88. The van der Waals surface area contributed by atoms with Crippen molar-refractivity contribution in [3.05, 3.63) is 60.4 Å². The molecule has 0 saturated heterocycles. The molecule has 4 nitrogen and oxygen atoms in total. The number of halogens is 1. The lowest BCUT2D eigenvalue weighted by Crippen LogP contribution is -1.96. The minimum atomic E-state index is -0.329. The van der Waals surface area contributed by atoms with Crippen LogP contribution in [0.2, 0.25) is 0 Å². The molecule has 0 aliphatic carbocycles. The Kier molecular flexibility index (Phi) is 3.25. The molecule has 0 unspecified atom stereocenters. The average molecular weight is 272 g/mol. The Morgan fingerprint density at radius 3 is 2.95 bits per heavy atom. The molecule has 0 aliphatic heterocycles. The van der Waals surface area contributed by atoms with E-state index < -0.39 is 0 Å². The summed E-state index contributed by atoms with van der Waals surface area (Å²) in [6, 6.07) is 7.89. The molecule has 0 aliphatic rings. The van der Waals surface area contributed by atoms with Crippen molar-refractivity contribution in [2.75, 3.05) is 0 Å². The molecule has 0 amide bonds. The van der Waals surface area contributed by atoms with Crippen LogP contribution in [-0.4, -0.2) is 9.78 Å². The Bertz CT molecular complexity index is 704. The van der Waals surface area contributed by atoms with Gasteiger partial charge in [-0.2, -0.15) is 5.10 Å². The van der Waals surface area contributed by atoms with Crippen LogP contribution in [0.1, 0.15) is 5.56 Å². The summed E-state index contributed by atoms with van der Waals surface area (Å²) in [7, 11) is 1.84. The Morgan fingerprint density at radius 2 is 2.25 bits per heavy atom. The van der Waals surface area contributed by atoms with Gasteiger partial charge in [-0.25, -0.2) is 4.39 Å². The molecule has 2 heterocycles. The fraction of sp³-hybridized carbons (Fsp3) is 0.133. The second kappa shape index (κ2) is 5.21. The largest absolute Gasteiger partial charge is 0.488 e. The predicted octanol–water partition coefficient (Wildman–Crippen LogP) is 3.40. The Balaban J connectivity index is 1.85. The molecule has 2 aromatic heterocycles. The quantitative estimate of drug-likeness (QED) is 0.730. The molecule has 3 rings (SSSR count). The number of ether oxygens (including phenoxy) is 1. The fourth-order valence-corrected chi connectivity index (χ4v) is 1.96. The molecule has 0 bridgehead atoms. The van der Waals surface area contributed by atoms with Gasteiger partial charge in [0.25, 0.3) is 0 Å². The zero-order valence-corrected chi connectivity index (χ0v) is 10.9. The van der Waals surface area contributed by atoms with E-state index in [1.807, 2.05) is 13.2 Å². The minimum absolute atomic E-state index is 0.329. The summed E-state index contributed by atoms with van der Waals surface area (Å²) in [5.41, 5.74) is 1.54. The summed E-state index contributed by atoms with van der Waals surface area (Å²) in [6.07, 6.45) is 5.15. The van der Waals surface area contributed by atoms with Crippen LogP contribution >= 0.6 is 0 Å². The molecular weight excluding hydrogens is 259 g/mol. The molecule has 0 N–H and O–H groups in total. The third kappa shape index (κ3) is 2.56. The summed E-state index contributed by atoms with van der Waals surface area (Å²) in [5.74, 6) is 0.820. The molecule has 5 heteroatoms. The summed E-state index contributed by atoms with van der Waals surface area (Å²) in [4.78, 5) is 0. The standard InChI is InChI=1S/C15H13FN2O2/c1-18-9-11(8-17-18)10-20-15-5-4-12(16)7-13(15)14-3-2-6-19-14/h2-9H,10H2,1H3. The van der Waals surface area contributed by atoms with E-state index >= 15 is 0 Å². The minimum Gasteiger partial charge on any atom is -0.488 e. The van der Waals surface area contributed by atoms with Crippen LogP contribution in [0.25, 0.3) is 11.3 Å². The lowest BCUT2D eigenvalue weighted by molar-refractivity contribution is 0.306. The molecule has 3 aromatic rings. The van der Waals surface area contributed by atoms with Crippen molar-refractivity contribution in [2.24, 2.45) is 7.05 Å². The maximum atomic E-state index is 13.4. The highest BCUT2D eigenvalue weighted by Crippen LogP contribution is 2.31. The van der Waals surface area contributed by atoms with Gasteiger partial charge in [0.1, 0.15) is 23.9 Å². The van der Waals surface area contributed by atoms with Crippen molar-refractivity contribution in [3.8, 4) is 17.1 Å². The molecule has 102 valence electrons. The Labute approximate surface area is 115 Å². The number of aryl methyl sites for hydroxylation is 1. The van der Waals surface area contributed by atoms with E-state index in [0.717, 1.165) is 5.56 Å². The highest BCUT2D eigenvalue weighted by atomic mass is 19.1. The second-order valence-corrected chi connectivity index (χ2v) is 4.43. The lowest BCUT2D eigenvalue weighted by Gasteiger charge is -2.09. The van der Waals surface area contributed by atoms with E-state index in [1.54, 1.807) is 35.3 Å². The molecule has 0 saturated carbocycles. The number of nitrogens with zero attached hydrogens (tertiary/aromatic N) is 2. The summed E-state index contributed by atoms with van der Waals surface area (Å²) in [6.45, 7) is 0.368. The number of hydrogen-bond donors (Lipinski definition) is 0. The van der Waals surface area contributed by atoms with Crippen LogP contribution in [0.5, 0.6) is 5.75 Å². The van der Waals surface area contributed by atoms with Crippen LogP contribution in [0.3, 0.4) is 0 Å². The van der Waals surface area contributed by atoms with Gasteiger partial charge in [-0.1, -0.05) is 0 Å². The van der Waals surface area contributed by atoms with Crippen molar-refractivity contribution in [1.29, 1.82) is 0 Å². The van der Waals surface area contributed by atoms with E-state index in [9.17, 15) is 4.39 Å². The summed E-state index contributed by atoms with van der Waals surface area (Å²) >= 11 is 0. The number of hydrogen-bond acceptors (Lipinski definition) is 3. The lowest BCUT2D eigenvalue weighted by atomic mass is 10.1. The molecule has 20 heavy (non-hydrogen) atoms. The van der Waals surface area contributed by atoms with Gasteiger partial charge in [-0.15, -0.1) is 0 Å². The summed E-state index contributed by atoms with van der Waals surface area (Å²) < 4.78 is 26.1. The third-order valence-electron chi connectivity index (χ3n) is 2.88. The van der Waals surface area contributed by atoms with Crippen molar-refractivity contribution >= 4 is 0 Å². The van der Waals surface area contributed by atoms with Crippen molar-refractivity contribution < 1.29 is 13.5 Å². The number of benzene rings is 1. The maximum absolute atomic E-state index is 13.4. The molecule has 0 radical (unpaired) electrons. The monoisotopic (exact) mass is 272 g/mol. The van der Waals surface area contributed by atoms with E-state index in [-0.39, 0.29) is 5.82 Å². The second-order valence-electron chi connectivity index (χ2n) is 4.43. The first kappa shape index (κ1) is 12.5. The predicted molar refractivity (Wildman–Crippen MR) is 71.6 cm³/mol. The van der Waals surface area contributed by atoms with Gasteiger partial charge in [0.15, 0.2) is 0 Å². The zero-order chi connectivity index (χ0) is 13.9. The molecule has 1 aromatic carbocycles. The fourth-order valence-electron chi connectivity index (χ4n) is 1.96. The smallest absolute Gasteiger partial charge is 0.137 e. The first-order chi connectivity index (χ1) is 9.72. The molecule has 0 fully saturated rings. The van der Waals surface area contributed by atoms with Crippen molar-refractivity contribution in [2.45, 2.75) is 6.61 Å². The molecular formula is C15H13FN2O2. The van der Waals surface area contributed by atoms with Gasteiger partial charge in [0.2, 0.25) is 0 Å². The topological polar surface area (TPSA) is 40.2 Å². The van der Waals surface area contributed by atoms with E-state index in [0.29, 0.717) is 23.7 Å². The van der Waals surface area contributed by atoms with Gasteiger partial charge in [-0.3, -0.25) is 4.68 Å². The average Bonchev–Trinajstić information content (AvgIpc) is 3.08. The first-order valence-electron chi connectivity index (χ1n) is 6.16. The number of aromatic nitrogens is 2. The van der Waals surface area contributed by atoms with Crippen molar-refractivity contribution in [1.82, 2.24) is 9.78 Å². The van der Waals surface area contributed by atoms with Crippen LogP contribution in [-0.2, 0) is 13.7 Å². The van der Waals surface area contributed by atoms with Crippen LogP contribution in [0, 0.1) is 5.82 Å². The molecule has 0 spiro atoms. The molecule has 0 atom stereocenters.